The topological polar surface area (TPSA) is 56.1 Å². The fourth-order valence-corrected chi connectivity index (χ4v) is 2.69. The van der Waals surface area contributed by atoms with Crippen LogP contribution >= 0.6 is 0 Å². The molecule has 0 bridgehead atoms. The molecule has 0 radical (unpaired) electrons. The Balaban J connectivity index is 1.64. The minimum atomic E-state index is -0.156. The Bertz CT molecular complexity index is 843. The summed E-state index contributed by atoms with van der Waals surface area (Å²) in [5, 5.41) is 7.13. The van der Waals surface area contributed by atoms with Gasteiger partial charge in [0.05, 0.1) is 11.7 Å². The molecule has 128 valence electrons. The summed E-state index contributed by atoms with van der Waals surface area (Å²) in [5.74, 6) is 0.504. The third-order valence-electron chi connectivity index (χ3n) is 4.02. The number of aromatic nitrogens is 2. The van der Waals surface area contributed by atoms with Crippen molar-refractivity contribution in [1.82, 2.24) is 15.1 Å². The van der Waals surface area contributed by atoms with Gasteiger partial charge in [0.15, 0.2) is 6.61 Å². The molecule has 0 fully saturated rings. The van der Waals surface area contributed by atoms with Crippen molar-refractivity contribution in [1.29, 1.82) is 0 Å². The van der Waals surface area contributed by atoms with E-state index in [0.29, 0.717) is 5.75 Å². The first-order valence-electron chi connectivity index (χ1n) is 8.19. The zero-order chi connectivity index (χ0) is 17.6. The van der Waals surface area contributed by atoms with Gasteiger partial charge in [-0.2, -0.15) is 5.10 Å². The molecule has 0 aliphatic rings. The molecule has 3 aromatic rings. The van der Waals surface area contributed by atoms with Crippen molar-refractivity contribution in [3.8, 4) is 17.0 Å². The molecular weight excluding hydrogens is 314 g/mol. The van der Waals surface area contributed by atoms with Gasteiger partial charge in [0.1, 0.15) is 5.75 Å². The van der Waals surface area contributed by atoms with E-state index in [9.17, 15) is 4.79 Å². The number of benzene rings is 2. The standard InChI is InChI=1S/C20H21N3O2/c1-15(16-8-4-3-5-9-16)22-20(24)14-25-19-11-7-6-10-17(19)18-12-13-21-23(18)2/h3-13,15H,14H2,1-2H3,(H,22,24)/t15-/m1/s1. The third kappa shape index (κ3) is 4.07. The Morgan fingerprint density at radius 1 is 1.12 bits per heavy atom. The molecule has 1 N–H and O–H groups in total. The van der Waals surface area contributed by atoms with Gasteiger partial charge in [0.2, 0.25) is 0 Å². The van der Waals surface area contributed by atoms with Gasteiger partial charge in [-0.3, -0.25) is 9.48 Å². The summed E-state index contributed by atoms with van der Waals surface area (Å²) in [6.07, 6.45) is 1.74. The molecule has 1 atom stereocenters. The minimum Gasteiger partial charge on any atom is -0.483 e. The molecule has 5 heteroatoms. The van der Waals surface area contributed by atoms with Gasteiger partial charge >= 0.3 is 0 Å². The monoisotopic (exact) mass is 335 g/mol. The number of carbonyl (C=O) groups excluding carboxylic acids is 1. The zero-order valence-electron chi connectivity index (χ0n) is 14.3. The summed E-state index contributed by atoms with van der Waals surface area (Å²) in [6.45, 7) is 1.92. The van der Waals surface area contributed by atoms with Crippen molar-refractivity contribution < 1.29 is 9.53 Å². The third-order valence-corrected chi connectivity index (χ3v) is 4.02. The number of hydrogen-bond donors (Lipinski definition) is 1. The largest absolute Gasteiger partial charge is 0.483 e. The molecule has 1 amide bonds. The maximum Gasteiger partial charge on any atom is 0.258 e. The average molecular weight is 335 g/mol. The number of hydrogen-bond acceptors (Lipinski definition) is 3. The van der Waals surface area contributed by atoms with Crippen LogP contribution in [0.2, 0.25) is 0 Å². The van der Waals surface area contributed by atoms with Crippen molar-refractivity contribution >= 4 is 5.91 Å². The molecule has 5 nitrogen and oxygen atoms in total. The second-order valence-corrected chi connectivity index (χ2v) is 5.82. The molecule has 25 heavy (non-hydrogen) atoms. The Morgan fingerprint density at radius 2 is 1.84 bits per heavy atom. The average Bonchev–Trinajstić information content (AvgIpc) is 3.06. The number of para-hydroxylation sites is 1. The Morgan fingerprint density at radius 3 is 2.56 bits per heavy atom. The number of ether oxygens (including phenoxy) is 1. The molecule has 0 saturated heterocycles. The van der Waals surface area contributed by atoms with E-state index < -0.39 is 0 Å². The van der Waals surface area contributed by atoms with Crippen LogP contribution in [0.1, 0.15) is 18.5 Å². The fourth-order valence-electron chi connectivity index (χ4n) is 2.69. The number of amides is 1. The summed E-state index contributed by atoms with van der Waals surface area (Å²) in [4.78, 5) is 12.2. The molecule has 0 aliphatic carbocycles. The molecular formula is C20H21N3O2. The highest BCUT2D eigenvalue weighted by atomic mass is 16.5. The molecule has 0 spiro atoms. The highest BCUT2D eigenvalue weighted by molar-refractivity contribution is 5.78. The highest BCUT2D eigenvalue weighted by Gasteiger charge is 2.13. The molecule has 2 aromatic carbocycles. The highest BCUT2D eigenvalue weighted by Crippen LogP contribution is 2.29. The van der Waals surface area contributed by atoms with Crippen LogP contribution < -0.4 is 10.1 Å². The first kappa shape index (κ1) is 16.8. The maximum atomic E-state index is 12.2. The first-order chi connectivity index (χ1) is 12.1. The predicted molar refractivity (Wildman–Crippen MR) is 97.1 cm³/mol. The van der Waals surface area contributed by atoms with E-state index in [1.54, 1.807) is 10.9 Å². The Labute approximate surface area is 147 Å². The van der Waals surface area contributed by atoms with E-state index in [4.69, 9.17) is 4.74 Å². The van der Waals surface area contributed by atoms with Crippen LogP contribution in [0, 0.1) is 0 Å². The van der Waals surface area contributed by atoms with Crippen molar-refractivity contribution in [3.05, 3.63) is 72.4 Å². The van der Waals surface area contributed by atoms with Gasteiger partial charge in [-0.1, -0.05) is 42.5 Å². The van der Waals surface area contributed by atoms with Gasteiger partial charge in [-0.15, -0.1) is 0 Å². The maximum absolute atomic E-state index is 12.2. The quantitative estimate of drug-likeness (QED) is 0.752. The van der Waals surface area contributed by atoms with Crippen LogP contribution in [0.4, 0.5) is 0 Å². The summed E-state index contributed by atoms with van der Waals surface area (Å²) >= 11 is 0. The van der Waals surface area contributed by atoms with Crippen LogP contribution in [0.3, 0.4) is 0 Å². The lowest BCUT2D eigenvalue weighted by atomic mass is 10.1. The molecule has 0 saturated carbocycles. The SMILES string of the molecule is C[C@@H](NC(=O)COc1ccccc1-c1ccnn1C)c1ccccc1. The van der Waals surface area contributed by atoms with Gasteiger partial charge < -0.3 is 10.1 Å². The summed E-state index contributed by atoms with van der Waals surface area (Å²) in [6, 6.07) is 19.3. The van der Waals surface area contributed by atoms with Crippen molar-refractivity contribution in [2.24, 2.45) is 7.05 Å². The summed E-state index contributed by atoms with van der Waals surface area (Å²) in [5.41, 5.74) is 2.91. The van der Waals surface area contributed by atoms with E-state index in [2.05, 4.69) is 10.4 Å². The van der Waals surface area contributed by atoms with Crippen molar-refractivity contribution in [2.75, 3.05) is 6.61 Å². The summed E-state index contributed by atoms with van der Waals surface area (Å²) < 4.78 is 7.54. The van der Waals surface area contributed by atoms with Crippen molar-refractivity contribution in [2.45, 2.75) is 13.0 Å². The molecule has 0 unspecified atom stereocenters. The van der Waals surface area contributed by atoms with Crippen LogP contribution in [0.15, 0.2) is 66.9 Å². The fraction of sp³-hybridized carbons (Fsp3) is 0.200. The lowest BCUT2D eigenvalue weighted by Crippen LogP contribution is -2.31. The van der Waals surface area contributed by atoms with Crippen LogP contribution in [0.25, 0.3) is 11.3 Å². The number of aryl methyl sites for hydroxylation is 1. The van der Waals surface area contributed by atoms with Crippen LogP contribution in [-0.4, -0.2) is 22.3 Å². The van der Waals surface area contributed by atoms with E-state index in [0.717, 1.165) is 16.8 Å². The molecule has 3 rings (SSSR count). The minimum absolute atomic E-state index is 0.0357. The predicted octanol–water partition coefficient (Wildman–Crippen LogP) is 3.34. The first-order valence-corrected chi connectivity index (χ1v) is 8.19. The number of carbonyl (C=O) groups is 1. The summed E-state index contributed by atoms with van der Waals surface area (Å²) in [7, 11) is 1.88. The number of rotatable bonds is 6. The Hall–Kier alpha value is -3.08. The Kier molecular flexibility index (Phi) is 5.14. The molecule has 1 heterocycles. The smallest absolute Gasteiger partial charge is 0.258 e. The molecule has 1 aromatic heterocycles. The number of nitrogens with one attached hydrogen (secondary N) is 1. The molecule has 0 aliphatic heterocycles. The van der Waals surface area contributed by atoms with Gasteiger partial charge in [0.25, 0.3) is 5.91 Å². The number of nitrogens with zero attached hydrogens (tertiary/aromatic N) is 2. The van der Waals surface area contributed by atoms with Crippen LogP contribution in [-0.2, 0) is 11.8 Å². The normalized spacial score (nSPS) is 11.8. The van der Waals surface area contributed by atoms with Gasteiger partial charge in [0, 0.05) is 18.8 Å². The lowest BCUT2D eigenvalue weighted by molar-refractivity contribution is -0.123. The second kappa shape index (κ2) is 7.66. The van der Waals surface area contributed by atoms with Crippen LogP contribution in [0.5, 0.6) is 5.75 Å². The van der Waals surface area contributed by atoms with Gasteiger partial charge in [-0.25, -0.2) is 0 Å². The lowest BCUT2D eigenvalue weighted by Gasteiger charge is -2.15. The van der Waals surface area contributed by atoms with Crippen molar-refractivity contribution in [3.63, 3.8) is 0 Å². The van der Waals surface area contributed by atoms with E-state index in [1.807, 2.05) is 74.6 Å². The second-order valence-electron chi connectivity index (χ2n) is 5.82. The van der Waals surface area contributed by atoms with Gasteiger partial charge in [-0.05, 0) is 30.7 Å². The van der Waals surface area contributed by atoms with E-state index in [1.165, 1.54) is 0 Å². The van der Waals surface area contributed by atoms with E-state index in [-0.39, 0.29) is 18.6 Å². The van der Waals surface area contributed by atoms with E-state index >= 15 is 0 Å². The zero-order valence-corrected chi connectivity index (χ0v) is 14.3.